The van der Waals surface area contributed by atoms with Crippen molar-refractivity contribution in [3.63, 3.8) is 0 Å². The second kappa shape index (κ2) is 16.9. The van der Waals surface area contributed by atoms with Crippen molar-refractivity contribution in [2.45, 2.75) is 122 Å². The maximum atomic E-state index is 14.0. The highest BCUT2D eigenvalue weighted by Crippen LogP contribution is 2.40. The summed E-state index contributed by atoms with van der Waals surface area (Å²) in [6.07, 6.45) is 16.9. The van der Waals surface area contributed by atoms with E-state index in [-0.39, 0.29) is 23.7 Å². The normalized spacial score (nSPS) is 22.2. The van der Waals surface area contributed by atoms with Gasteiger partial charge in [0.15, 0.2) is 5.82 Å². The molecule has 6 rings (SSSR count). The number of carbonyl (C=O) groups is 3. The van der Waals surface area contributed by atoms with Gasteiger partial charge in [0, 0.05) is 36.5 Å². The molecule has 2 aliphatic heterocycles. The number of aromatic nitrogens is 2. The minimum absolute atomic E-state index is 0.101. The van der Waals surface area contributed by atoms with Crippen LogP contribution in [0.5, 0.6) is 0 Å². The largest absolute Gasteiger partial charge is 0.480 e. The van der Waals surface area contributed by atoms with E-state index >= 15 is 0 Å². The number of anilines is 1. The molecule has 1 aliphatic carbocycles. The number of hydrogen-bond donors (Lipinski definition) is 2. The molecule has 280 valence electrons. The van der Waals surface area contributed by atoms with Gasteiger partial charge in [0.2, 0.25) is 5.91 Å². The first-order valence-corrected chi connectivity index (χ1v) is 20.4. The lowest BCUT2D eigenvalue weighted by atomic mass is 9.72. The summed E-state index contributed by atoms with van der Waals surface area (Å²) in [5, 5.41) is 12.9. The number of aliphatic carboxylic acids is 1. The standard InChI is InChI=1S/C42H57N5O4S/c1-5-8-28-10-14-30(15-11-28)31-20-23-46(24-21-31)33-26-43-38(44-27-33)32-16-12-29(13-17-32)25-34(40(49)47-22-7-6-9-35(47)41(50)51)45-39(48)36-18-19-37(52-36)42(2,3)4/h12-13,16-19,26-28,30-31,34-35H,5-11,14-15,20-25H2,1-4H3,(H,45,48)(H,50,51)/t28?,30?,34-,35-/m0/s1. The van der Waals surface area contributed by atoms with Crippen LogP contribution in [0.1, 0.15) is 118 Å². The van der Waals surface area contributed by atoms with Crippen LogP contribution in [-0.2, 0) is 21.4 Å². The van der Waals surface area contributed by atoms with Crippen LogP contribution in [0.4, 0.5) is 5.69 Å². The van der Waals surface area contributed by atoms with E-state index in [0.717, 1.165) is 65.4 Å². The molecule has 3 aliphatic rings. The molecule has 3 fully saturated rings. The predicted octanol–water partition coefficient (Wildman–Crippen LogP) is 8.13. The summed E-state index contributed by atoms with van der Waals surface area (Å²) in [7, 11) is 0. The van der Waals surface area contributed by atoms with Gasteiger partial charge in [0.05, 0.1) is 23.0 Å². The van der Waals surface area contributed by atoms with E-state index in [9.17, 15) is 19.5 Å². The van der Waals surface area contributed by atoms with Crippen LogP contribution in [0, 0.1) is 17.8 Å². The van der Waals surface area contributed by atoms with Gasteiger partial charge >= 0.3 is 5.97 Å². The lowest BCUT2D eigenvalue weighted by molar-refractivity contribution is -0.152. The van der Waals surface area contributed by atoms with Crippen LogP contribution in [0.25, 0.3) is 11.4 Å². The van der Waals surface area contributed by atoms with Crippen molar-refractivity contribution < 1.29 is 19.5 Å². The third kappa shape index (κ3) is 9.22. The zero-order valence-electron chi connectivity index (χ0n) is 31.5. The smallest absolute Gasteiger partial charge is 0.326 e. The molecular weight excluding hydrogens is 671 g/mol. The van der Waals surface area contributed by atoms with E-state index in [2.05, 4.69) is 37.9 Å². The lowest BCUT2D eigenvalue weighted by Gasteiger charge is -2.39. The molecule has 0 unspecified atom stereocenters. The Morgan fingerprint density at radius 3 is 2.17 bits per heavy atom. The van der Waals surface area contributed by atoms with Gasteiger partial charge in [-0.25, -0.2) is 14.8 Å². The van der Waals surface area contributed by atoms with Crippen LogP contribution in [0.3, 0.4) is 0 Å². The number of carboxylic acids is 1. The number of nitrogens with one attached hydrogen (secondary N) is 1. The Balaban J connectivity index is 1.09. The number of rotatable bonds is 11. The van der Waals surface area contributed by atoms with Crippen LogP contribution in [-0.4, -0.2) is 69.5 Å². The minimum Gasteiger partial charge on any atom is -0.480 e. The number of benzene rings is 1. The monoisotopic (exact) mass is 727 g/mol. The maximum absolute atomic E-state index is 14.0. The molecule has 4 heterocycles. The van der Waals surface area contributed by atoms with E-state index in [1.807, 2.05) is 42.7 Å². The number of carbonyl (C=O) groups excluding carboxylic acids is 2. The van der Waals surface area contributed by atoms with Gasteiger partial charge in [-0.2, -0.15) is 0 Å². The number of carboxylic acid groups (broad SMARTS) is 1. The Bertz CT molecular complexity index is 1650. The van der Waals surface area contributed by atoms with Crippen LogP contribution < -0.4 is 10.2 Å². The highest BCUT2D eigenvalue weighted by Gasteiger charge is 2.37. The molecule has 2 saturated heterocycles. The molecular formula is C42H57N5O4S. The Hall–Kier alpha value is -3.79. The summed E-state index contributed by atoms with van der Waals surface area (Å²) in [5.41, 5.74) is 2.69. The molecule has 52 heavy (non-hydrogen) atoms. The number of thiophene rings is 1. The van der Waals surface area contributed by atoms with Crippen LogP contribution in [0.2, 0.25) is 0 Å². The molecule has 2 aromatic heterocycles. The quantitative estimate of drug-likeness (QED) is 0.205. The van der Waals surface area contributed by atoms with Gasteiger partial charge in [-0.15, -0.1) is 11.3 Å². The fraction of sp³-hybridized carbons (Fsp3) is 0.595. The molecule has 1 saturated carbocycles. The van der Waals surface area contributed by atoms with E-state index in [4.69, 9.17) is 9.97 Å². The second-order valence-electron chi connectivity index (χ2n) is 16.4. The lowest BCUT2D eigenvalue weighted by Crippen LogP contribution is -2.56. The predicted molar refractivity (Wildman–Crippen MR) is 208 cm³/mol. The Morgan fingerprint density at radius 1 is 0.885 bits per heavy atom. The molecule has 0 spiro atoms. The number of amides is 2. The minimum atomic E-state index is -1.01. The Labute approximate surface area is 313 Å². The van der Waals surface area contributed by atoms with Crippen LogP contribution >= 0.6 is 11.3 Å². The molecule has 2 atom stereocenters. The zero-order chi connectivity index (χ0) is 36.8. The molecule has 0 radical (unpaired) electrons. The second-order valence-corrected chi connectivity index (χ2v) is 17.5. The maximum Gasteiger partial charge on any atom is 0.326 e. The van der Waals surface area contributed by atoms with Gasteiger partial charge in [0.1, 0.15) is 12.1 Å². The van der Waals surface area contributed by atoms with E-state index in [1.54, 1.807) is 6.07 Å². The molecule has 10 heteroatoms. The van der Waals surface area contributed by atoms with E-state index < -0.39 is 18.1 Å². The molecule has 0 bridgehead atoms. The summed E-state index contributed by atoms with van der Waals surface area (Å²) in [6, 6.07) is 9.73. The highest BCUT2D eigenvalue weighted by molar-refractivity contribution is 7.14. The Morgan fingerprint density at radius 2 is 1.56 bits per heavy atom. The first-order chi connectivity index (χ1) is 25.0. The van der Waals surface area contributed by atoms with Crippen molar-refractivity contribution in [2.75, 3.05) is 24.5 Å². The van der Waals surface area contributed by atoms with E-state index in [0.29, 0.717) is 23.7 Å². The average Bonchev–Trinajstić information content (AvgIpc) is 3.67. The van der Waals surface area contributed by atoms with Crippen molar-refractivity contribution in [3.8, 4) is 11.4 Å². The Kier molecular flexibility index (Phi) is 12.3. The van der Waals surface area contributed by atoms with Gasteiger partial charge < -0.3 is 20.2 Å². The van der Waals surface area contributed by atoms with Crippen molar-refractivity contribution in [1.82, 2.24) is 20.2 Å². The summed E-state index contributed by atoms with van der Waals surface area (Å²) < 4.78 is 0. The van der Waals surface area contributed by atoms with Crippen molar-refractivity contribution in [2.24, 2.45) is 17.8 Å². The van der Waals surface area contributed by atoms with Crippen molar-refractivity contribution in [1.29, 1.82) is 0 Å². The molecule has 9 nitrogen and oxygen atoms in total. The molecule has 2 N–H and O–H groups in total. The third-order valence-corrected chi connectivity index (χ3v) is 13.2. The first-order valence-electron chi connectivity index (χ1n) is 19.6. The van der Waals surface area contributed by atoms with Gasteiger partial charge in [-0.1, -0.05) is 77.6 Å². The van der Waals surface area contributed by atoms with Gasteiger partial charge in [-0.3, -0.25) is 9.59 Å². The van der Waals surface area contributed by atoms with E-state index in [1.165, 1.54) is 67.6 Å². The zero-order valence-corrected chi connectivity index (χ0v) is 32.3. The molecule has 1 aromatic carbocycles. The van der Waals surface area contributed by atoms with Gasteiger partial charge in [-0.05, 0) is 85.8 Å². The highest BCUT2D eigenvalue weighted by atomic mass is 32.1. The summed E-state index contributed by atoms with van der Waals surface area (Å²) in [4.78, 5) is 54.5. The topological polar surface area (TPSA) is 116 Å². The third-order valence-electron chi connectivity index (χ3n) is 11.7. The first kappa shape index (κ1) is 38.0. The number of likely N-dealkylation sites (tertiary alicyclic amines) is 1. The fourth-order valence-corrected chi connectivity index (χ4v) is 9.56. The number of nitrogens with zero attached hydrogens (tertiary/aromatic N) is 4. The van der Waals surface area contributed by atoms with Gasteiger partial charge in [0.25, 0.3) is 5.91 Å². The summed E-state index contributed by atoms with van der Waals surface area (Å²) >= 11 is 1.42. The van der Waals surface area contributed by atoms with Crippen molar-refractivity contribution in [3.05, 3.63) is 64.1 Å². The van der Waals surface area contributed by atoms with Crippen LogP contribution in [0.15, 0.2) is 48.8 Å². The van der Waals surface area contributed by atoms with Crippen molar-refractivity contribution >= 4 is 34.8 Å². The SMILES string of the molecule is CCCC1CCC(C2CCN(c3cnc(-c4ccc(C[C@H](NC(=O)c5ccc(C(C)(C)C)s5)C(=O)N5CCCC[C@H]5C(=O)O)cc4)nc3)CC2)CC1. The average molecular weight is 728 g/mol. The summed E-state index contributed by atoms with van der Waals surface area (Å²) in [5.74, 6) is 1.64. The molecule has 2 amide bonds. The number of piperidine rings is 2. The number of hydrogen-bond acceptors (Lipinski definition) is 7. The summed E-state index contributed by atoms with van der Waals surface area (Å²) in [6.45, 7) is 11.1. The molecule has 3 aromatic rings. The fourth-order valence-electron chi connectivity index (χ4n) is 8.59.